The smallest absolute Gasteiger partial charge is 0.255 e. The number of nitrogens with one attached hydrogen (secondary N) is 4. The number of rotatable bonds is 15. The van der Waals surface area contributed by atoms with Crippen LogP contribution in [0, 0.1) is 0 Å². The van der Waals surface area contributed by atoms with Gasteiger partial charge in [-0.2, -0.15) is 0 Å². The van der Waals surface area contributed by atoms with E-state index in [0.717, 1.165) is 6.08 Å². The molecule has 60 heavy (non-hydrogen) atoms. The summed E-state index contributed by atoms with van der Waals surface area (Å²) in [6.07, 6.45) is 9.64. The third kappa shape index (κ3) is 10.9. The van der Waals surface area contributed by atoms with E-state index in [1.54, 1.807) is 50.5 Å². The molecule has 0 radical (unpaired) electrons. The summed E-state index contributed by atoms with van der Waals surface area (Å²) in [6, 6.07) is 4.20. The van der Waals surface area contributed by atoms with Crippen LogP contribution < -0.4 is 21.3 Å². The van der Waals surface area contributed by atoms with Gasteiger partial charge in [0.2, 0.25) is 23.4 Å². The Hall–Kier alpha value is -5.71. The molecule has 16 heteroatoms. The topological polar surface area (TPSA) is 219 Å². The standard InChI is InChI=1S/C44H55N5O11/c1-26-12-8-18-36(59-4)41(54)37-21-20-35(60-37)34(58-3)17-10-14-28-39(33(51)24-31(40(28)53)48-42(26)55)46-22-7-5-6-19-38(52)47-30-15-9-13-27-29(30)25-49(44(27)57)32(16-11-23-50)43(56)45-2/h8-9,12-13,15,18,21,23-24,32,34-36,41,46,54H,5-7,10-11,14,16-17,19-20,22,25H2,1-4H3,(H,45,56)(H,47,52)(H,48,55)/b18-8-,26-12+. The maximum Gasteiger partial charge on any atom is 0.255 e. The van der Waals surface area contributed by atoms with E-state index in [1.807, 2.05) is 0 Å². The second kappa shape index (κ2) is 21.5. The molecule has 1 aromatic carbocycles. The van der Waals surface area contributed by atoms with E-state index in [4.69, 9.17) is 14.2 Å². The Balaban J connectivity index is 1.19. The first-order valence-corrected chi connectivity index (χ1v) is 20.3. The molecule has 0 saturated carbocycles. The van der Waals surface area contributed by atoms with Crippen molar-refractivity contribution in [3.63, 3.8) is 0 Å². The molecule has 322 valence electrons. The van der Waals surface area contributed by atoms with Crippen LogP contribution in [0.25, 0.3) is 0 Å². The predicted molar refractivity (Wildman–Crippen MR) is 220 cm³/mol. The molecular weight excluding hydrogens is 775 g/mol. The third-order valence-corrected chi connectivity index (χ3v) is 11.1. The quantitative estimate of drug-likeness (QED) is 0.0980. The van der Waals surface area contributed by atoms with E-state index in [1.165, 1.54) is 25.1 Å². The maximum absolute atomic E-state index is 13.8. The average molecular weight is 830 g/mol. The number of fused-ring (bicyclic) bond motifs is 5. The average Bonchev–Trinajstić information content (AvgIpc) is 3.86. The van der Waals surface area contributed by atoms with E-state index >= 15 is 0 Å². The number of carbonyl (C=O) groups excluding carboxylic acids is 7. The fourth-order valence-electron chi connectivity index (χ4n) is 7.71. The number of ether oxygens (including phenoxy) is 3. The Labute approximate surface area is 349 Å². The van der Waals surface area contributed by atoms with Crippen LogP contribution in [0.5, 0.6) is 0 Å². The maximum atomic E-state index is 13.8. The summed E-state index contributed by atoms with van der Waals surface area (Å²) >= 11 is 0. The molecule has 4 aliphatic rings. The minimum atomic E-state index is -1.08. The first-order chi connectivity index (χ1) is 28.9. The van der Waals surface area contributed by atoms with E-state index < -0.39 is 35.7 Å². The van der Waals surface area contributed by atoms with E-state index in [0.29, 0.717) is 73.9 Å². The normalized spacial score (nSPS) is 24.1. The van der Waals surface area contributed by atoms with Gasteiger partial charge >= 0.3 is 0 Å². The number of benzene rings is 1. The van der Waals surface area contributed by atoms with Crippen LogP contribution in [-0.4, -0.2) is 110 Å². The highest BCUT2D eigenvalue weighted by molar-refractivity contribution is 6.23. The van der Waals surface area contributed by atoms with Gasteiger partial charge in [-0.25, -0.2) is 0 Å². The van der Waals surface area contributed by atoms with Crippen LogP contribution >= 0.6 is 0 Å². The fourth-order valence-corrected chi connectivity index (χ4v) is 7.71. The number of aliphatic hydroxyl groups is 1. The Bertz CT molecular complexity index is 2000. The minimum Gasteiger partial charge on any atom is -0.489 e. The largest absolute Gasteiger partial charge is 0.489 e. The van der Waals surface area contributed by atoms with E-state index in [9.17, 15) is 38.7 Å². The molecule has 4 bridgehead atoms. The lowest BCUT2D eigenvalue weighted by atomic mass is 9.91. The number of likely N-dealkylation sites (N-methyl/N-ethyl adjacent to an activating group) is 1. The van der Waals surface area contributed by atoms with E-state index in [-0.39, 0.29) is 84.7 Å². The van der Waals surface area contributed by atoms with E-state index in [2.05, 4.69) is 21.3 Å². The van der Waals surface area contributed by atoms with Gasteiger partial charge in [0.1, 0.15) is 36.4 Å². The van der Waals surface area contributed by atoms with Crippen molar-refractivity contribution in [2.24, 2.45) is 0 Å². The molecule has 3 heterocycles. The third-order valence-electron chi connectivity index (χ3n) is 11.1. The Kier molecular flexibility index (Phi) is 16.3. The second-order valence-corrected chi connectivity index (χ2v) is 15.0. The number of hydrogen-bond donors (Lipinski definition) is 5. The summed E-state index contributed by atoms with van der Waals surface area (Å²) in [7, 11) is 4.50. The van der Waals surface area contributed by atoms with Crippen molar-refractivity contribution >= 4 is 47.2 Å². The Morgan fingerprint density at radius 1 is 1.12 bits per heavy atom. The van der Waals surface area contributed by atoms with Gasteiger partial charge in [-0.3, -0.25) is 28.8 Å². The molecule has 5 atom stereocenters. The minimum absolute atomic E-state index is 0.116. The van der Waals surface area contributed by atoms with Crippen LogP contribution in [0.15, 0.2) is 76.9 Å². The van der Waals surface area contributed by atoms with Gasteiger partial charge in [0.15, 0.2) is 0 Å². The Morgan fingerprint density at radius 3 is 2.65 bits per heavy atom. The van der Waals surface area contributed by atoms with Gasteiger partial charge in [0.05, 0.1) is 17.5 Å². The molecule has 4 amide bonds. The summed E-state index contributed by atoms with van der Waals surface area (Å²) in [5.41, 5.74) is 2.02. The molecule has 16 nitrogen and oxygen atoms in total. The zero-order valence-electron chi connectivity index (χ0n) is 34.5. The number of methoxy groups -OCH3 is 2. The number of anilines is 1. The van der Waals surface area contributed by atoms with Gasteiger partial charge in [0.25, 0.3) is 11.8 Å². The number of aldehydes is 1. The lowest BCUT2D eigenvalue weighted by Gasteiger charge is -2.26. The SMILES string of the molecule is CNC(=O)C(CCC=O)N1Cc2c(NC(=O)CCCCCNC3=C4CCCC(OC)C5CC=C(O5)C(O)C(OC)/C=C\C=C(/C)C(=O)NC(=CC3=O)C4=O)cccc2C1=O. The zero-order chi connectivity index (χ0) is 43.3. The highest BCUT2D eigenvalue weighted by Gasteiger charge is 2.38. The number of ketones is 2. The predicted octanol–water partition coefficient (Wildman–Crippen LogP) is 2.98. The molecule has 1 aliphatic carbocycles. The van der Waals surface area contributed by atoms with Gasteiger partial charge in [0, 0.05) is 87.7 Å². The molecular formula is C44H55N5O11. The summed E-state index contributed by atoms with van der Waals surface area (Å²) in [4.78, 5) is 91.7. The van der Waals surface area contributed by atoms with Crippen LogP contribution in [0.1, 0.15) is 87.1 Å². The highest BCUT2D eigenvalue weighted by Crippen LogP contribution is 2.33. The Morgan fingerprint density at radius 2 is 1.92 bits per heavy atom. The summed E-state index contributed by atoms with van der Waals surface area (Å²) in [6.45, 7) is 2.02. The van der Waals surface area contributed by atoms with Crippen molar-refractivity contribution in [2.75, 3.05) is 33.1 Å². The highest BCUT2D eigenvalue weighted by atomic mass is 16.6. The van der Waals surface area contributed by atoms with Crippen LogP contribution in [0.2, 0.25) is 0 Å². The number of hydrogen-bond acceptors (Lipinski definition) is 12. The number of nitrogens with zero attached hydrogens (tertiary/aromatic N) is 1. The number of unbranched alkanes of at least 4 members (excludes halogenated alkanes) is 2. The van der Waals surface area contributed by atoms with Gasteiger partial charge < -0.3 is 50.3 Å². The van der Waals surface area contributed by atoms with Crippen molar-refractivity contribution in [1.82, 2.24) is 20.9 Å². The lowest BCUT2D eigenvalue weighted by Crippen LogP contribution is -2.46. The molecule has 0 saturated heterocycles. The monoisotopic (exact) mass is 829 g/mol. The number of amides is 4. The van der Waals surface area contributed by atoms with Gasteiger partial charge in [-0.1, -0.05) is 30.7 Å². The molecule has 5 rings (SSSR count). The molecule has 1 aromatic rings. The molecule has 0 fully saturated rings. The number of aliphatic hydroxyl groups excluding tert-OH is 1. The molecule has 0 spiro atoms. The van der Waals surface area contributed by atoms with Crippen molar-refractivity contribution in [3.8, 4) is 0 Å². The van der Waals surface area contributed by atoms with Gasteiger partial charge in [-0.05, 0) is 63.7 Å². The molecule has 3 aliphatic heterocycles. The van der Waals surface area contributed by atoms with Crippen molar-refractivity contribution in [3.05, 3.63) is 88.0 Å². The van der Waals surface area contributed by atoms with Crippen LogP contribution in [0.4, 0.5) is 5.69 Å². The first kappa shape index (κ1) is 45.4. The second-order valence-electron chi connectivity index (χ2n) is 15.0. The summed E-state index contributed by atoms with van der Waals surface area (Å²) in [5.74, 6) is -2.08. The summed E-state index contributed by atoms with van der Waals surface area (Å²) in [5, 5.41) is 22.2. The molecule has 5 N–H and O–H groups in total. The zero-order valence-corrected chi connectivity index (χ0v) is 34.5. The summed E-state index contributed by atoms with van der Waals surface area (Å²) < 4.78 is 17.3. The van der Waals surface area contributed by atoms with Crippen molar-refractivity contribution in [1.29, 1.82) is 0 Å². The number of allylic oxidation sites excluding steroid dienone is 4. The van der Waals surface area contributed by atoms with Crippen molar-refractivity contribution < 1.29 is 52.9 Å². The first-order valence-electron chi connectivity index (χ1n) is 20.3. The van der Waals surface area contributed by atoms with Gasteiger partial charge in [-0.15, -0.1) is 0 Å². The fraction of sp³-hybridized carbons (Fsp3) is 0.477. The number of carbonyl (C=O) groups is 7. The van der Waals surface area contributed by atoms with Crippen LogP contribution in [-0.2, 0) is 49.5 Å². The number of Topliss-reactive ketones (excluding diaryl/α,β-unsaturated/α-hetero) is 1. The van der Waals surface area contributed by atoms with Crippen molar-refractivity contribution in [2.45, 2.75) is 108 Å². The van der Waals surface area contributed by atoms with Crippen LogP contribution in [0.3, 0.4) is 0 Å². The lowest BCUT2D eigenvalue weighted by molar-refractivity contribution is -0.125. The molecule has 5 unspecified atom stereocenters. The molecule has 0 aromatic heterocycles.